The molecule has 0 bridgehead atoms. The molecule has 0 aromatic heterocycles. The first-order valence-electron chi connectivity index (χ1n) is 6.49. The molecule has 1 aromatic rings. The van der Waals surface area contributed by atoms with Crippen LogP contribution in [0.25, 0.3) is 0 Å². The average molecular weight is 246 g/mol. The average Bonchev–Trinajstić information content (AvgIpc) is 2.33. The Morgan fingerprint density at radius 3 is 2.39 bits per heavy atom. The molecule has 1 N–H and O–H groups in total. The lowest BCUT2D eigenvalue weighted by Crippen LogP contribution is -2.14. The molecule has 0 aliphatic heterocycles. The highest BCUT2D eigenvalue weighted by Gasteiger charge is 2.05. The first-order chi connectivity index (χ1) is 8.51. The van der Waals surface area contributed by atoms with E-state index in [9.17, 15) is 5.11 Å². The predicted octanol–water partition coefficient (Wildman–Crippen LogP) is 3.38. The van der Waals surface area contributed by atoms with Crippen LogP contribution in [0.1, 0.15) is 45.6 Å². The van der Waals surface area contributed by atoms with Crippen molar-refractivity contribution < 1.29 is 9.84 Å². The summed E-state index contributed by atoms with van der Waals surface area (Å²) in [6, 6.07) is 7.66. The van der Waals surface area contributed by atoms with Gasteiger partial charge in [-0.1, -0.05) is 31.6 Å². The molecule has 1 aromatic carbocycles. The Morgan fingerprint density at radius 2 is 1.83 bits per heavy atom. The lowest BCUT2D eigenvalue weighted by molar-refractivity contribution is 0.143. The Hall–Kier alpha value is -1.46. The van der Waals surface area contributed by atoms with E-state index in [2.05, 4.69) is 18.8 Å². The van der Waals surface area contributed by atoms with Gasteiger partial charge < -0.3 is 9.84 Å². The molecule has 0 amide bonds. The molecule has 1 rings (SSSR count). The van der Waals surface area contributed by atoms with Crippen LogP contribution in [0.5, 0.6) is 5.75 Å². The summed E-state index contributed by atoms with van der Waals surface area (Å²) < 4.78 is 5.61. The van der Waals surface area contributed by atoms with Gasteiger partial charge in [-0.2, -0.15) is 0 Å². The molecule has 0 atom stereocenters. The zero-order chi connectivity index (χ0) is 13.4. The standard InChI is InChI=1S/C16H22O2/c1-4-5-6-13-18-15-9-7-14(8-10-15)11-12-16(2,3)17/h7-10,17H,4-6,13H2,1-3H3. The second-order valence-corrected chi connectivity index (χ2v) is 4.89. The first kappa shape index (κ1) is 14.6. The molecule has 2 heteroatoms. The van der Waals surface area contributed by atoms with E-state index in [0.717, 1.165) is 24.3 Å². The fourth-order valence-electron chi connectivity index (χ4n) is 1.40. The largest absolute Gasteiger partial charge is 0.494 e. The molecule has 0 aliphatic rings. The van der Waals surface area contributed by atoms with Crippen molar-refractivity contribution in [2.75, 3.05) is 6.61 Å². The van der Waals surface area contributed by atoms with Gasteiger partial charge in [0.15, 0.2) is 0 Å². The van der Waals surface area contributed by atoms with Crippen molar-refractivity contribution in [2.45, 2.75) is 45.6 Å². The van der Waals surface area contributed by atoms with E-state index in [4.69, 9.17) is 4.74 Å². The number of hydrogen-bond acceptors (Lipinski definition) is 2. The summed E-state index contributed by atoms with van der Waals surface area (Å²) >= 11 is 0. The highest BCUT2D eigenvalue weighted by atomic mass is 16.5. The van der Waals surface area contributed by atoms with Crippen LogP contribution >= 0.6 is 0 Å². The van der Waals surface area contributed by atoms with Crippen molar-refractivity contribution in [3.63, 3.8) is 0 Å². The number of ether oxygens (including phenoxy) is 1. The van der Waals surface area contributed by atoms with Crippen LogP contribution in [0.4, 0.5) is 0 Å². The Labute approximate surface area is 110 Å². The summed E-state index contributed by atoms with van der Waals surface area (Å²) in [7, 11) is 0. The Morgan fingerprint density at radius 1 is 1.17 bits per heavy atom. The van der Waals surface area contributed by atoms with E-state index in [-0.39, 0.29) is 0 Å². The van der Waals surface area contributed by atoms with Gasteiger partial charge in [-0.3, -0.25) is 0 Å². The number of aliphatic hydroxyl groups is 1. The van der Waals surface area contributed by atoms with Crippen molar-refractivity contribution in [3.05, 3.63) is 29.8 Å². The topological polar surface area (TPSA) is 29.5 Å². The molecule has 98 valence electrons. The molecule has 0 saturated heterocycles. The molecular formula is C16H22O2. The number of benzene rings is 1. The van der Waals surface area contributed by atoms with Crippen LogP contribution in [0.15, 0.2) is 24.3 Å². The van der Waals surface area contributed by atoms with Crippen molar-refractivity contribution in [2.24, 2.45) is 0 Å². The molecule has 0 saturated carbocycles. The number of rotatable bonds is 5. The molecule has 0 unspecified atom stereocenters. The highest BCUT2D eigenvalue weighted by Crippen LogP contribution is 2.12. The second kappa shape index (κ2) is 7.08. The molecule has 0 heterocycles. The number of unbranched alkanes of at least 4 members (excludes halogenated alkanes) is 2. The minimum atomic E-state index is -0.949. The van der Waals surface area contributed by atoms with Crippen LogP contribution in [0.3, 0.4) is 0 Å². The Bertz CT molecular complexity index is 401. The second-order valence-electron chi connectivity index (χ2n) is 4.89. The molecule has 0 radical (unpaired) electrons. The van der Waals surface area contributed by atoms with Gasteiger partial charge in [-0.15, -0.1) is 0 Å². The van der Waals surface area contributed by atoms with Crippen LogP contribution in [0.2, 0.25) is 0 Å². The maximum Gasteiger partial charge on any atom is 0.120 e. The summed E-state index contributed by atoms with van der Waals surface area (Å²) in [6.45, 7) is 6.29. The van der Waals surface area contributed by atoms with E-state index < -0.39 is 5.60 Å². The lowest BCUT2D eigenvalue weighted by Gasteiger charge is -2.07. The van der Waals surface area contributed by atoms with E-state index in [1.165, 1.54) is 12.8 Å². The Kier molecular flexibility index (Phi) is 5.74. The number of hydrogen-bond donors (Lipinski definition) is 1. The normalized spacial score (nSPS) is 10.7. The highest BCUT2D eigenvalue weighted by molar-refractivity contribution is 5.39. The van der Waals surface area contributed by atoms with Crippen molar-refractivity contribution in [3.8, 4) is 17.6 Å². The molecule has 18 heavy (non-hydrogen) atoms. The van der Waals surface area contributed by atoms with E-state index in [1.807, 2.05) is 24.3 Å². The predicted molar refractivity (Wildman–Crippen MR) is 74.6 cm³/mol. The van der Waals surface area contributed by atoms with Crippen molar-refractivity contribution >= 4 is 0 Å². The van der Waals surface area contributed by atoms with Gasteiger partial charge in [0.2, 0.25) is 0 Å². The van der Waals surface area contributed by atoms with E-state index in [0.29, 0.717) is 0 Å². The molecule has 0 fully saturated rings. The van der Waals surface area contributed by atoms with Gasteiger partial charge in [-0.05, 0) is 44.5 Å². The van der Waals surface area contributed by atoms with Gasteiger partial charge >= 0.3 is 0 Å². The summed E-state index contributed by atoms with van der Waals surface area (Å²) in [5.41, 5.74) is -0.0620. The van der Waals surface area contributed by atoms with Crippen LogP contribution in [-0.2, 0) is 0 Å². The van der Waals surface area contributed by atoms with Gasteiger partial charge in [0, 0.05) is 5.56 Å². The van der Waals surface area contributed by atoms with Crippen molar-refractivity contribution in [1.29, 1.82) is 0 Å². The SMILES string of the molecule is CCCCCOc1ccc(C#CC(C)(C)O)cc1. The zero-order valence-electron chi connectivity index (χ0n) is 11.5. The summed E-state index contributed by atoms with van der Waals surface area (Å²) in [5.74, 6) is 6.59. The summed E-state index contributed by atoms with van der Waals surface area (Å²) in [5, 5.41) is 9.50. The van der Waals surface area contributed by atoms with Crippen LogP contribution < -0.4 is 4.74 Å². The van der Waals surface area contributed by atoms with Crippen LogP contribution in [-0.4, -0.2) is 17.3 Å². The third kappa shape index (κ3) is 6.32. The Balaban J connectivity index is 2.49. The third-order valence-corrected chi connectivity index (χ3v) is 2.38. The van der Waals surface area contributed by atoms with Gasteiger partial charge in [0.05, 0.1) is 6.61 Å². The summed E-state index contributed by atoms with van der Waals surface area (Å²) in [6.07, 6.45) is 3.50. The maximum absolute atomic E-state index is 9.50. The third-order valence-electron chi connectivity index (χ3n) is 2.38. The van der Waals surface area contributed by atoms with Crippen LogP contribution in [0, 0.1) is 11.8 Å². The quantitative estimate of drug-likeness (QED) is 0.637. The maximum atomic E-state index is 9.50. The van der Waals surface area contributed by atoms with Gasteiger partial charge in [0.1, 0.15) is 11.4 Å². The van der Waals surface area contributed by atoms with Crippen molar-refractivity contribution in [1.82, 2.24) is 0 Å². The fourth-order valence-corrected chi connectivity index (χ4v) is 1.40. The molecular weight excluding hydrogens is 224 g/mol. The molecule has 0 aliphatic carbocycles. The first-order valence-corrected chi connectivity index (χ1v) is 6.49. The smallest absolute Gasteiger partial charge is 0.120 e. The molecule has 0 spiro atoms. The minimum absolute atomic E-state index is 0.766. The summed E-state index contributed by atoms with van der Waals surface area (Å²) in [4.78, 5) is 0. The van der Waals surface area contributed by atoms with Gasteiger partial charge in [-0.25, -0.2) is 0 Å². The molecule has 2 nitrogen and oxygen atoms in total. The van der Waals surface area contributed by atoms with E-state index >= 15 is 0 Å². The van der Waals surface area contributed by atoms with E-state index in [1.54, 1.807) is 13.8 Å². The lowest BCUT2D eigenvalue weighted by atomic mass is 10.1. The van der Waals surface area contributed by atoms with Gasteiger partial charge in [0.25, 0.3) is 0 Å². The zero-order valence-corrected chi connectivity index (χ0v) is 11.5. The monoisotopic (exact) mass is 246 g/mol. The fraction of sp³-hybridized carbons (Fsp3) is 0.500. The minimum Gasteiger partial charge on any atom is -0.494 e.